The van der Waals surface area contributed by atoms with Crippen LogP contribution in [-0.4, -0.2) is 4.57 Å². The lowest BCUT2D eigenvalue weighted by molar-refractivity contribution is 0.526. The average molecular weight is 243 g/mol. The van der Waals surface area contributed by atoms with Crippen molar-refractivity contribution in [3.8, 4) is 0 Å². The number of benzene rings is 1. The summed E-state index contributed by atoms with van der Waals surface area (Å²) in [6.07, 6.45) is 0. The maximum absolute atomic E-state index is 2.52. The molecule has 2 aromatic rings. The molecule has 0 saturated heterocycles. The Balaban J connectivity index is 2.89. The van der Waals surface area contributed by atoms with E-state index in [9.17, 15) is 0 Å². The van der Waals surface area contributed by atoms with Crippen LogP contribution in [0, 0.1) is 40.5 Å². The first-order valence-corrected chi connectivity index (χ1v) is 6.90. The third-order valence-electron chi connectivity index (χ3n) is 4.15. The van der Waals surface area contributed by atoms with Gasteiger partial charge in [-0.25, -0.2) is 0 Å². The monoisotopic (exact) mass is 243 g/mol. The molecule has 0 aliphatic heterocycles. The molecule has 0 fully saturated rings. The van der Waals surface area contributed by atoms with Crippen molar-refractivity contribution < 1.29 is 0 Å². The molecule has 18 heavy (non-hydrogen) atoms. The van der Waals surface area contributed by atoms with Gasteiger partial charge in [0.1, 0.15) is 0 Å². The van der Waals surface area contributed by atoms with Crippen molar-refractivity contribution in [3.63, 3.8) is 0 Å². The first-order chi connectivity index (χ1) is 8.34. The normalized spacial score (nSPS) is 11.8. The number of hydrogen-bond acceptors (Lipinski definition) is 0. The summed E-state index contributed by atoms with van der Waals surface area (Å²) in [7, 11) is 0. The molecular weight excluding hydrogens is 218 g/mol. The molecule has 0 atom stereocenters. The van der Waals surface area contributed by atoms with Crippen LogP contribution in [0.2, 0.25) is 0 Å². The van der Waals surface area contributed by atoms with E-state index in [-0.39, 0.29) is 0 Å². The van der Waals surface area contributed by atoms with E-state index in [1.54, 1.807) is 0 Å². The highest BCUT2D eigenvalue weighted by Crippen LogP contribution is 2.32. The van der Waals surface area contributed by atoms with Gasteiger partial charge in [-0.3, -0.25) is 0 Å². The smallest absolute Gasteiger partial charge is 0.0520 e. The molecule has 2 rings (SSSR count). The molecule has 0 aliphatic rings. The number of aryl methyl sites for hydroxylation is 4. The lowest BCUT2D eigenvalue weighted by Crippen LogP contribution is -2.07. The van der Waals surface area contributed by atoms with Gasteiger partial charge in [-0.2, -0.15) is 0 Å². The van der Waals surface area contributed by atoms with E-state index in [2.05, 4.69) is 59.1 Å². The van der Waals surface area contributed by atoms with Gasteiger partial charge in [0.05, 0.1) is 5.52 Å². The van der Waals surface area contributed by atoms with Gasteiger partial charge in [0.15, 0.2) is 0 Å². The number of aromatic nitrogens is 1. The molecule has 1 aromatic carbocycles. The highest BCUT2D eigenvalue weighted by Gasteiger charge is 2.16. The maximum Gasteiger partial charge on any atom is 0.0520 e. The Bertz CT molecular complexity index is 600. The topological polar surface area (TPSA) is 4.93 Å². The molecule has 0 unspecified atom stereocenters. The lowest BCUT2D eigenvalue weighted by atomic mass is 9.99. The Hall–Kier alpha value is -1.24. The summed E-state index contributed by atoms with van der Waals surface area (Å²) in [5, 5.41) is 1.47. The quantitative estimate of drug-likeness (QED) is 0.711. The molecular formula is C17H25N. The highest BCUT2D eigenvalue weighted by molar-refractivity contribution is 5.91. The summed E-state index contributed by atoms with van der Waals surface area (Å²) in [6, 6.07) is 2.32. The van der Waals surface area contributed by atoms with E-state index in [4.69, 9.17) is 0 Å². The number of hydrogen-bond donors (Lipinski definition) is 0. The number of fused-ring (bicyclic) bond motifs is 1. The third-order valence-corrected chi connectivity index (χ3v) is 4.15. The van der Waals surface area contributed by atoms with Crippen molar-refractivity contribution in [2.45, 2.75) is 55.0 Å². The summed E-state index contributed by atoms with van der Waals surface area (Å²) < 4.78 is 2.52. The molecule has 1 aromatic heterocycles. The number of nitrogens with zero attached hydrogens (tertiary/aromatic N) is 1. The molecule has 98 valence electrons. The van der Waals surface area contributed by atoms with Crippen molar-refractivity contribution in [2.75, 3.05) is 0 Å². The van der Waals surface area contributed by atoms with Crippen LogP contribution in [0.3, 0.4) is 0 Å². The van der Waals surface area contributed by atoms with Crippen LogP contribution in [0.15, 0.2) is 6.07 Å². The Kier molecular flexibility index (Phi) is 3.27. The minimum Gasteiger partial charge on any atom is -0.344 e. The van der Waals surface area contributed by atoms with Crippen molar-refractivity contribution in [1.29, 1.82) is 0 Å². The first-order valence-electron chi connectivity index (χ1n) is 6.90. The Morgan fingerprint density at radius 1 is 0.944 bits per heavy atom. The summed E-state index contributed by atoms with van der Waals surface area (Å²) >= 11 is 0. The van der Waals surface area contributed by atoms with Gasteiger partial charge < -0.3 is 4.57 Å². The molecule has 0 bridgehead atoms. The molecule has 0 N–H and O–H groups in total. The van der Waals surface area contributed by atoms with Crippen molar-refractivity contribution in [3.05, 3.63) is 34.0 Å². The zero-order chi connectivity index (χ0) is 13.6. The summed E-state index contributed by atoms with van der Waals surface area (Å²) in [5.74, 6) is 0.680. The molecule has 1 heterocycles. The van der Waals surface area contributed by atoms with E-state index in [1.165, 1.54) is 38.9 Å². The Morgan fingerprint density at radius 2 is 1.56 bits per heavy atom. The highest BCUT2D eigenvalue weighted by atomic mass is 15.0. The largest absolute Gasteiger partial charge is 0.344 e. The molecule has 0 radical (unpaired) electrons. The SMILES string of the molecule is Cc1cc(C)c2c(C)c(C)n(CC(C)C)c2c1C. The van der Waals surface area contributed by atoms with E-state index < -0.39 is 0 Å². The van der Waals surface area contributed by atoms with Gasteiger partial charge in [-0.1, -0.05) is 19.9 Å². The summed E-state index contributed by atoms with van der Waals surface area (Å²) in [6.45, 7) is 16.9. The van der Waals surface area contributed by atoms with Gasteiger partial charge in [0, 0.05) is 17.6 Å². The van der Waals surface area contributed by atoms with Gasteiger partial charge in [-0.05, 0) is 62.8 Å². The van der Waals surface area contributed by atoms with Gasteiger partial charge >= 0.3 is 0 Å². The van der Waals surface area contributed by atoms with Gasteiger partial charge in [0.25, 0.3) is 0 Å². The van der Waals surface area contributed by atoms with E-state index in [0.29, 0.717) is 5.92 Å². The molecule has 1 heteroatoms. The fraction of sp³-hybridized carbons (Fsp3) is 0.529. The standard InChI is InChI=1S/C17H25N/c1-10(2)9-18-15(7)14(6)16-12(4)8-11(3)13(5)17(16)18/h8,10H,9H2,1-7H3. The third kappa shape index (κ3) is 1.86. The predicted octanol–water partition coefficient (Wildman–Crippen LogP) is 4.84. The van der Waals surface area contributed by atoms with Crippen LogP contribution in [-0.2, 0) is 6.54 Å². The van der Waals surface area contributed by atoms with E-state index in [1.807, 2.05) is 0 Å². The van der Waals surface area contributed by atoms with Crippen molar-refractivity contribution in [1.82, 2.24) is 4.57 Å². The molecule has 0 aliphatic carbocycles. The van der Waals surface area contributed by atoms with Crippen LogP contribution in [0.4, 0.5) is 0 Å². The zero-order valence-corrected chi connectivity index (χ0v) is 12.8. The van der Waals surface area contributed by atoms with Crippen LogP contribution >= 0.6 is 0 Å². The van der Waals surface area contributed by atoms with E-state index >= 15 is 0 Å². The minimum absolute atomic E-state index is 0.680. The molecule has 1 nitrogen and oxygen atoms in total. The second-order valence-electron chi connectivity index (χ2n) is 6.07. The van der Waals surface area contributed by atoms with Crippen LogP contribution < -0.4 is 0 Å². The average Bonchev–Trinajstić information content (AvgIpc) is 2.51. The van der Waals surface area contributed by atoms with Gasteiger partial charge in [-0.15, -0.1) is 0 Å². The second kappa shape index (κ2) is 4.46. The molecule has 0 saturated carbocycles. The van der Waals surface area contributed by atoms with Gasteiger partial charge in [0.2, 0.25) is 0 Å². The lowest BCUT2D eigenvalue weighted by Gasteiger charge is -2.14. The second-order valence-corrected chi connectivity index (χ2v) is 6.07. The van der Waals surface area contributed by atoms with Crippen LogP contribution in [0.25, 0.3) is 10.9 Å². The minimum atomic E-state index is 0.680. The number of rotatable bonds is 2. The fourth-order valence-corrected chi connectivity index (χ4v) is 3.02. The van der Waals surface area contributed by atoms with Crippen LogP contribution in [0.1, 0.15) is 41.8 Å². The summed E-state index contributed by atoms with van der Waals surface area (Å²) in [5.41, 5.74) is 8.59. The van der Waals surface area contributed by atoms with E-state index in [0.717, 1.165) is 6.54 Å². The fourth-order valence-electron chi connectivity index (χ4n) is 3.02. The Labute approximate surface area is 111 Å². The van der Waals surface area contributed by atoms with Crippen molar-refractivity contribution in [2.24, 2.45) is 5.92 Å². The summed E-state index contributed by atoms with van der Waals surface area (Å²) in [4.78, 5) is 0. The molecule has 0 amide bonds. The zero-order valence-electron chi connectivity index (χ0n) is 12.8. The first kappa shape index (κ1) is 13.2. The Morgan fingerprint density at radius 3 is 2.11 bits per heavy atom. The predicted molar refractivity (Wildman–Crippen MR) is 80.5 cm³/mol. The van der Waals surface area contributed by atoms with Crippen LogP contribution in [0.5, 0.6) is 0 Å². The maximum atomic E-state index is 2.52. The molecule has 0 spiro atoms. The van der Waals surface area contributed by atoms with Crippen molar-refractivity contribution >= 4 is 10.9 Å².